The highest BCUT2D eigenvalue weighted by molar-refractivity contribution is 5.60. The van der Waals surface area contributed by atoms with E-state index in [1.165, 1.54) is 5.56 Å². The number of rotatable bonds is 2. The van der Waals surface area contributed by atoms with Crippen molar-refractivity contribution in [3.05, 3.63) is 47.4 Å². The monoisotopic (exact) mass is 237 g/mol. The minimum atomic E-state index is 0.220. The summed E-state index contributed by atoms with van der Waals surface area (Å²) in [4.78, 5) is 8.28. The second kappa shape index (κ2) is 4.97. The molecule has 0 fully saturated rings. The molecule has 0 bridgehead atoms. The highest BCUT2D eigenvalue weighted by Gasteiger charge is 2.05. The van der Waals surface area contributed by atoms with Crippen molar-refractivity contribution in [2.75, 3.05) is 0 Å². The van der Waals surface area contributed by atoms with Crippen molar-refractivity contribution in [3.8, 4) is 17.3 Å². The summed E-state index contributed by atoms with van der Waals surface area (Å²) >= 11 is 0. The summed E-state index contributed by atoms with van der Waals surface area (Å²) in [6.07, 6.45) is 0. The molecule has 2 aromatic rings. The van der Waals surface area contributed by atoms with Gasteiger partial charge in [0.2, 0.25) is 5.82 Å². The Morgan fingerprint density at radius 1 is 1.11 bits per heavy atom. The van der Waals surface area contributed by atoms with E-state index < -0.39 is 0 Å². The first-order valence-electron chi connectivity index (χ1n) is 5.96. The first-order chi connectivity index (χ1) is 8.60. The standard InChI is InChI=1S/C15H15N3/c1-10(2)12-4-6-13(7-5-12)14-8-11(3)17-15(9-16)18-14/h4-8,10H,1-3H3. The molecule has 0 N–H and O–H groups in total. The lowest BCUT2D eigenvalue weighted by Crippen LogP contribution is -1.95. The van der Waals surface area contributed by atoms with Crippen molar-refractivity contribution in [3.63, 3.8) is 0 Å². The zero-order valence-corrected chi connectivity index (χ0v) is 10.8. The Morgan fingerprint density at radius 3 is 2.33 bits per heavy atom. The quantitative estimate of drug-likeness (QED) is 0.803. The molecular formula is C15H15N3. The molecule has 0 unspecified atom stereocenters. The number of aromatic nitrogens is 2. The summed E-state index contributed by atoms with van der Waals surface area (Å²) in [6.45, 7) is 6.20. The number of nitriles is 1. The highest BCUT2D eigenvalue weighted by Crippen LogP contribution is 2.21. The van der Waals surface area contributed by atoms with Crippen LogP contribution < -0.4 is 0 Å². The fourth-order valence-corrected chi connectivity index (χ4v) is 1.81. The average molecular weight is 237 g/mol. The average Bonchev–Trinajstić information content (AvgIpc) is 2.38. The van der Waals surface area contributed by atoms with Crippen LogP contribution in [0.4, 0.5) is 0 Å². The lowest BCUT2D eigenvalue weighted by molar-refractivity contribution is 0.867. The first kappa shape index (κ1) is 12.3. The summed E-state index contributed by atoms with van der Waals surface area (Å²) in [5, 5.41) is 8.88. The molecule has 0 amide bonds. The fourth-order valence-electron chi connectivity index (χ4n) is 1.81. The van der Waals surface area contributed by atoms with Crippen molar-refractivity contribution in [2.45, 2.75) is 26.7 Å². The SMILES string of the molecule is Cc1cc(-c2ccc(C(C)C)cc2)nc(C#N)n1. The first-order valence-corrected chi connectivity index (χ1v) is 5.96. The Balaban J connectivity index is 2.43. The van der Waals surface area contributed by atoms with Gasteiger partial charge in [0.1, 0.15) is 6.07 Å². The summed E-state index contributed by atoms with van der Waals surface area (Å²) in [6, 6.07) is 12.2. The lowest BCUT2D eigenvalue weighted by Gasteiger charge is -2.07. The molecule has 3 nitrogen and oxygen atoms in total. The molecular weight excluding hydrogens is 222 g/mol. The van der Waals surface area contributed by atoms with Gasteiger partial charge in [-0.05, 0) is 24.5 Å². The molecule has 0 aliphatic heterocycles. The van der Waals surface area contributed by atoms with Crippen molar-refractivity contribution < 1.29 is 0 Å². The molecule has 0 saturated heterocycles. The van der Waals surface area contributed by atoms with Gasteiger partial charge in [0.25, 0.3) is 0 Å². The number of aryl methyl sites for hydroxylation is 1. The third-order valence-electron chi connectivity index (χ3n) is 2.83. The zero-order chi connectivity index (χ0) is 13.1. The van der Waals surface area contributed by atoms with E-state index in [2.05, 4.69) is 35.9 Å². The maximum absolute atomic E-state index is 8.88. The van der Waals surface area contributed by atoms with E-state index >= 15 is 0 Å². The van der Waals surface area contributed by atoms with Gasteiger partial charge >= 0.3 is 0 Å². The van der Waals surface area contributed by atoms with E-state index in [9.17, 15) is 0 Å². The van der Waals surface area contributed by atoms with E-state index in [-0.39, 0.29) is 5.82 Å². The van der Waals surface area contributed by atoms with Crippen molar-refractivity contribution in [2.24, 2.45) is 0 Å². The maximum atomic E-state index is 8.88. The van der Waals surface area contributed by atoms with E-state index in [4.69, 9.17) is 5.26 Å². The molecule has 0 saturated carbocycles. The van der Waals surface area contributed by atoms with E-state index in [1.807, 2.05) is 31.2 Å². The van der Waals surface area contributed by atoms with Crippen LogP contribution in [-0.4, -0.2) is 9.97 Å². The molecule has 1 aromatic heterocycles. The number of hydrogen-bond acceptors (Lipinski definition) is 3. The van der Waals surface area contributed by atoms with Gasteiger partial charge in [-0.2, -0.15) is 5.26 Å². The van der Waals surface area contributed by atoms with Crippen molar-refractivity contribution in [1.82, 2.24) is 9.97 Å². The molecule has 0 aliphatic rings. The normalized spacial score (nSPS) is 10.4. The smallest absolute Gasteiger partial charge is 0.224 e. The van der Waals surface area contributed by atoms with Crippen LogP contribution in [0.3, 0.4) is 0 Å². The molecule has 2 rings (SSSR count). The molecule has 1 aromatic carbocycles. The third-order valence-corrected chi connectivity index (χ3v) is 2.83. The Morgan fingerprint density at radius 2 is 1.78 bits per heavy atom. The van der Waals surface area contributed by atoms with Crippen molar-refractivity contribution in [1.29, 1.82) is 5.26 Å². The van der Waals surface area contributed by atoms with E-state index in [0.29, 0.717) is 5.92 Å². The summed E-state index contributed by atoms with van der Waals surface area (Å²) in [5.74, 6) is 0.735. The number of nitrogens with zero attached hydrogens (tertiary/aromatic N) is 3. The molecule has 1 heterocycles. The minimum absolute atomic E-state index is 0.220. The zero-order valence-electron chi connectivity index (χ0n) is 10.8. The van der Waals surface area contributed by atoms with Gasteiger partial charge in [-0.15, -0.1) is 0 Å². The van der Waals surface area contributed by atoms with Gasteiger partial charge in [0, 0.05) is 11.3 Å². The molecule has 0 atom stereocenters. The Bertz CT molecular complexity index is 592. The largest absolute Gasteiger partial charge is 0.232 e. The lowest BCUT2D eigenvalue weighted by atomic mass is 10.0. The van der Waals surface area contributed by atoms with Gasteiger partial charge < -0.3 is 0 Å². The maximum Gasteiger partial charge on any atom is 0.232 e. The van der Waals surface area contributed by atoms with Crippen LogP contribution in [-0.2, 0) is 0 Å². The molecule has 3 heteroatoms. The number of hydrogen-bond donors (Lipinski definition) is 0. The van der Waals surface area contributed by atoms with E-state index in [1.54, 1.807) is 0 Å². The Labute approximate surface area is 107 Å². The molecule has 18 heavy (non-hydrogen) atoms. The van der Waals surface area contributed by atoms with Gasteiger partial charge in [0.15, 0.2) is 0 Å². The van der Waals surface area contributed by atoms with Crippen LogP contribution in [0.1, 0.15) is 36.8 Å². The second-order valence-electron chi connectivity index (χ2n) is 4.61. The van der Waals surface area contributed by atoms with E-state index in [0.717, 1.165) is 17.0 Å². The molecule has 0 radical (unpaired) electrons. The summed E-state index contributed by atoms with van der Waals surface area (Å²) in [7, 11) is 0. The van der Waals surface area contributed by atoms with Crippen LogP contribution in [0.25, 0.3) is 11.3 Å². The summed E-state index contributed by atoms with van der Waals surface area (Å²) in [5.41, 5.74) is 3.92. The Hall–Kier alpha value is -2.21. The highest BCUT2D eigenvalue weighted by atomic mass is 14.9. The van der Waals surface area contributed by atoms with Gasteiger partial charge in [-0.25, -0.2) is 9.97 Å². The van der Waals surface area contributed by atoms with Crippen LogP contribution >= 0.6 is 0 Å². The fraction of sp³-hybridized carbons (Fsp3) is 0.267. The van der Waals surface area contributed by atoms with Crippen LogP contribution in [0, 0.1) is 18.3 Å². The third kappa shape index (κ3) is 2.54. The predicted molar refractivity (Wildman–Crippen MR) is 71.0 cm³/mol. The van der Waals surface area contributed by atoms with Crippen LogP contribution in [0.5, 0.6) is 0 Å². The van der Waals surface area contributed by atoms with Crippen LogP contribution in [0.15, 0.2) is 30.3 Å². The minimum Gasteiger partial charge on any atom is -0.224 e. The molecule has 90 valence electrons. The predicted octanol–water partition coefficient (Wildman–Crippen LogP) is 3.45. The number of benzene rings is 1. The van der Waals surface area contributed by atoms with Crippen molar-refractivity contribution >= 4 is 0 Å². The Kier molecular flexibility index (Phi) is 3.38. The van der Waals surface area contributed by atoms with Crippen LogP contribution in [0.2, 0.25) is 0 Å². The summed E-state index contributed by atoms with van der Waals surface area (Å²) < 4.78 is 0. The topological polar surface area (TPSA) is 49.6 Å². The molecule has 0 spiro atoms. The molecule has 0 aliphatic carbocycles. The second-order valence-corrected chi connectivity index (χ2v) is 4.61. The van der Waals surface area contributed by atoms with Gasteiger partial charge in [-0.3, -0.25) is 0 Å². The van der Waals surface area contributed by atoms with Gasteiger partial charge in [-0.1, -0.05) is 38.1 Å². The van der Waals surface area contributed by atoms with Gasteiger partial charge in [0.05, 0.1) is 5.69 Å².